The van der Waals surface area contributed by atoms with Crippen LogP contribution in [0.25, 0.3) is 54.6 Å². The Morgan fingerprint density at radius 2 is 0.746 bits per heavy atom. The second-order valence-corrected chi connectivity index (χ2v) is 16.7. The molecular formula is C58H41N. The highest BCUT2D eigenvalue weighted by atomic mass is 15.1. The van der Waals surface area contributed by atoms with Crippen LogP contribution in [0, 0.1) is 0 Å². The van der Waals surface area contributed by atoms with Crippen LogP contribution in [0.5, 0.6) is 0 Å². The molecule has 12 rings (SSSR count). The maximum atomic E-state index is 2.54. The van der Waals surface area contributed by atoms with E-state index >= 15 is 0 Å². The Hall–Kier alpha value is -7.22. The van der Waals surface area contributed by atoms with Crippen LogP contribution in [0.3, 0.4) is 0 Å². The molecule has 2 aliphatic carbocycles. The molecule has 0 saturated heterocycles. The molecule has 2 unspecified atom stereocenters. The lowest BCUT2D eigenvalue weighted by Crippen LogP contribution is -2.22. The van der Waals surface area contributed by atoms with Crippen molar-refractivity contribution in [3.63, 3.8) is 0 Å². The summed E-state index contributed by atoms with van der Waals surface area (Å²) in [6.07, 6.45) is 0. The van der Waals surface area contributed by atoms with E-state index in [1.165, 1.54) is 93.6 Å². The van der Waals surface area contributed by atoms with Crippen molar-refractivity contribution >= 4 is 49.4 Å². The number of nitrogens with zero attached hydrogens (tertiary/aromatic N) is 1. The van der Waals surface area contributed by atoms with Gasteiger partial charge in [0.1, 0.15) is 0 Å². The van der Waals surface area contributed by atoms with Crippen LogP contribution in [0.15, 0.2) is 212 Å². The van der Waals surface area contributed by atoms with E-state index in [1.54, 1.807) is 0 Å². The first-order valence-corrected chi connectivity index (χ1v) is 20.8. The molecule has 0 saturated carbocycles. The van der Waals surface area contributed by atoms with E-state index in [9.17, 15) is 0 Å². The summed E-state index contributed by atoms with van der Waals surface area (Å²) in [5.41, 5.74) is 16.0. The zero-order valence-corrected chi connectivity index (χ0v) is 33.2. The van der Waals surface area contributed by atoms with Gasteiger partial charge in [-0.1, -0.05) is 182 Å². The van der Waals surface area contributed by atoms with E-state index in [2.05, 4.69) is 231 Å². The summed E-state index contributed by atoms with van der Waals surface area (Å²) in [7, 11) is 0. The van der Waals surface area contributed by atoms with Crippen LogP contribution in [0.2, 0.25) is 0 Å². The Morgan fingerprint density at radius 3 is 1.39 bits per heavy atom. The summed E-state index contributed by atoms with van der Waals surface area (Å²) < 4.78 is 0. The highest BCUT2D eigenvalue weighted by Crippen LogP contribution is 2.58. The quantitative estimate of drug-likeness (QED) is 0.158. The number of benzene rings is 10. The number of hydrogen-bond donors (Lipinski definition) is 0. The van der Waals surface area contributed by atoms with Crippen molar-refractivity contribution < 1.29 is 0 Å². The lowest BCUT2D eigenvalue weighted by molar-refractivity contribution is 0.713. The van der Waals surface area contributed by atoms with Crippen LogP contribution in [0.4, 0.5) is 17.1 Å². The maximum Gasteiger partial charge on any atom is 0.0543 e. The van der Waals surface area contributed by atoms with Gasteiger partial charge in [-0.25, -0.2) is 0 Å². The third-order valence-electron chi connectivity index (χ3n) is 13.8. The van der Waals surface area contributed by atoms with Gasteiger partial charge in [-0.15, -0.1) is 0 Å². The molecule has 2 atom stereocenters. The van der Waals surface area contributed by atoms with Gasteiger partial charge in [-0.2, -0.15) is 0 Å². The Labute approximate surface area is 345 Å². The molecule has 10 aromatic rings. The predicted octanol–water partition coefficient (Wildman–Crippen LogP) is 15.3. The van der Waals surface area contributed by atoms with Crippen molar-refractivity contribution in [2.75, 3.05) is 4.90 Å². The van der Waals surface area contributed by atoms with Crippen LogP contribution in [-0.4, -0.2) is 0 Å². The lowest BCUT2D eigenvalue weighted by Gasteiger charge is -2.31. The van der Waals surface area contributed by atoms with E-state index in [4.69, 9.17) is 0 Å². The molecule has 1 nitrogen and oxygen atoms in total. The SMILES string of the molecule is CC1(c2ccccc2)c2ccccc2-c2cc(N(c3ccc4c5ccccc5c5ccccc5c4c3)c3cccc4c3-c3ccccc3C4(C)c3ccccc3)ccc21. The molecule has 0 radical (unpaired) electrons. The first-order valence-electron chi connectivity index (χ1n) is 20.8. The van der Waals surface area contributed by atoms with Gasteiger partial charge in [0.05, 0.1) is 5.69 Å². The summed E-state index contributed by atoms with van der Waals surface area (Å²) in [5, 5.41) is 7.64. The number of hydrogen-bond acceptors (Lipinski definition) is 1. The molecule has 0 aliphatic heterocycles. The Balaban J connectivity index is 1.16. The van der Waals surface area contributed by atoms with Gasteiger partial charge >= 0.3 is 0 Å². The first kappa shape index (κ1) is 33.9. The molecule has 0 amide bonds. The molecule has 0 N–H and O–H groups in total. The zero-order valence-electron chi connectivity index (χ0n) is 33.2. The fourth-order valence-electron chi connectivity index (χ4n) is 11.0. The minimum Gasteiger partial charge on any atom is -0.310 e. The van der Waals surface area contributed by atoms with Crippen molar-refractivity contribution in [2.24, 2.45) is 0 Å². The van der Waals surface area contributed by atoms with Crippen LogP contribution in [-0.2, 0) is 10.8 Å². The van der Waals surface area contributed by atoms with Gasteiger partial charge in [-0.05, 0) is 127 Å². The van der Waals surface area contributed by atoms with E-state index in [1.807, 2.05) is 0 Å². The topological polar surface area (TPSA) is 3.24 Å². The van der Waals surface area contributed by atoms with Crippen molar-refractivity contribution in [1.29, 1.82) is 0 Å². The molecule has 0 heterocycles. The second kappa shape index (κ2) is 12.6. The van der Waals surface area contributed by atoms with E-state index < -0.39 is 0 Å². The maximum absolute atomic E-state index is 2.54. The number of anilines is 3. The van der Waals surface area contributed by atoms with Crippen LogP contribution >= 0.6 is 0 Å². The minimum atomic E-state index is -0.318. The van der Waals surface area contributed by atoms with Crippen molar-refractivity contribution in [3.05, 3.63) is 246 Å². The average molecular weight is 752 g/mol. The standard InChI is InChI=1S/C58H41N/c1-57(38-18-5-3-6-19-38)51-28-15-13-26-47(51)50-37-41(33-35-53(50)57)59(40-32-34-46-44-24-10-9-22-42(44)43-23-11-12-25-45(43)49(46)36-40)55-31-17-30-54-56(55)48-27-14-16-29-52(48)58(54,2)39-20-7-4-8-21-39/h3-37H,1-2H3. The monoisotopic (exact) mass is 751 g/mol. The van der Waals surface area contributed by atoms with Crippen molar-refractivity contribution in [1.82, 2.24) is 0 Å². The van der Waals surface area contributed by atoms with E-state index in [0.29, 0.717) is 0 Å². The Bertz CT molecular complexity index is 3270. The highest BCUT2D eigenvalue weighted by molar-refractivity contribution is 6.26. The molecule has 278 valence electrons. The molecular weight excluding hydrogens is 711 g/mol. The van der Waals surface area contributed by atoms with E-state index in [0.717, 1.165) is 11.4 Å². The molecule has 2 aliphatic rings. The van der Waals surface area contributed by atoms with Gasteiger partial charge in [-0.3, -0.25) is 0 Å². The molecule has 0 fully saturated rings. The smallest absolute Gasteiger partial charge is 0.0543 e. The van der Waals surface area contributed by atoms with Gasteiger partial charge in [0, 0.05) is 27.8 Å². The molecule has 59 heavy (non-hydrogen) atoms. The van der Waals surface area contributed by atoms with Crippen LogP contribution in [0.1, 0.15) is 47.2 Å². The van der Waals surface area contributed by atoms with Gasteiger partial charge in [0.15, 0.2) is 0 Å². The summed E-state index contributed by atoms with van der Waals surface area (Å²) in [6.45, 7) is 4.81. The van der Waals surface area contributed by atoms with Crippen LogP contribution < -0.4 is 4.90 Å². The van der Waals surface area contributed by atoms with Crippen molar-refractivity contribution in [3.8, 4) is 22.3 Å². The number of fused-ring (bicyclic) bond motifs is 12. The summed E-state index contributed by atoms with van der Waals surface area (Å²) >= 11 is 0. The third kappa shape index (κ3) is 4.67. The minimum absolute atomic E-state index is 0.274. The summed E-state index contributed by atoms with van der Waals surface area (Å²) in [4.78, 5) is 2.54. The Kier molecular flexibility index (Phi) is 7.26. The number of rotatable bonds is 5. The van der Waals surface area contributed by atoms with Gasteiger partial charge in [0.2, 0.25) is 0 Å². The third-order valence-corrected chi connectivity index (χ3v) is 13.8. The Morgan fingerprint density at radius 1 is 0.305 bits per heavy atom. The van der Waals surface area contributed by atoms with Crippen molar-refractivity contribution in [2.45, 2.75) is 24.7 Å². The molecule has 1 heteroatoms. The predicted molar refractivity (Wildman–Crippen MR) is 249 cm³/mol. The highest BCUT2D eigenvalue weighted by Gasteiger charge is 2.44. The second-order valence-electron chi connectivity index (χ2n) is 16.7. The summed E-state index contributed by atoms with van der Waals surface area (Å²) in [6, 6.07) is 79.2. The fraction of sp³-hybridized carbons (Fsp3) is 0.0690. The fourth-order valence-corrected chi connectivity index (χ4v) is 11.0. The molecule has 0 bridgehead atoms. The van der Waals surface area contributed by atoms with Gasteiger partial charge in [0.25, 0.3) is 0 Å². The molecule has 10 aromatic carbocycles. The largest absolute Gasteiger partial charge is 0.310 e. The zero-order chi connectivity index (χ0) is 39.3. The first-order chi connectivity index (χ1) is 29.0. The normalized spacial score (nSPS) is 17.5. The summed E-state index contributed by atoms with van der Waals surface area (Å²) in [5.74, 6) is 0. The lowest BCUT2D eigenvalue weighted by atomic mass is 9.74. The average Bonchev–Trinajstić information content (AvgIpc) is 3.73. The molecule has 0 spiro atoms. The van der Waals surface area contributed by atoms with Gasteiger partial charge < -0.3 is 4.90 Å². The van der Waals surface area contributed by atoms with E-state index in [-0.39, 0.29) is 10.8 Å². The molecule has 0 aromatic heterocycles.